The van der Waals surface area contributed by atoms with Crippen molar-refractivity contribution in [2.24, 2.45) is 12.8 Å². The normalized spacial score (nSPS) is 14.9. The van der Waals surface area contributed by atoms with E-state index in [4.69, 9.17) is 10.5 Å². The number of hydrogen-bond acceptors (Lipinski definition) is 3. The molecule has 0 radical (unpaired) electrons. The summed E-state index contributed by atoms with van der Waals surface area (Å²) < 4.78 is 7.70. The van der Waals surface area contributed by atoms with Gasteiger partial charge in [-0.1, -0.05) is 18.2 Å². The number of ether oxygens (including phenoxy) is 1. The smallest absolute Gasteiger partial charge is 0.127 e. The summed E-state index contributed by atoms with van der Waals surface area (Å²) in [4.78, 5) is 0. The lowest BCUT2D eigenvalue weighted by molar-refractivity contribution is 0.350. The summed E-state index contributed by atoms with van der Waals surface area (Å²) in [5.74, 6) is 1.02. The highest BCUT2D eigenvalue weighted by Crippen LogP contribution is 2.34. The first-order chi connectivity index (χ1) is 10.1. The summed E-state index contributed by atoms with van der Waals surface area (Å²) in [6.07, 6.45) is 2.86. The number of aryl methyl sites for hydroxylation is 2. The minimum absolute atomic E-state index is 0.0112. The Morgan fingerprint density at radius 1 is 1.38 bits per heavy atom. The van der Waals surface area contributed by atoms with Crippen molar-refractivity contribution in [1.29, 1.82) is 0 Å². The van der Waals surface area contributed by atoms with Crippen LogP contribution in [0.1, 0.15) is 40.5 Å². The highest BCUT2D eigenvalue weighted by atomic mass is 16.5. The van der Waals surface area contributed by atoms with Gasteiger partial charge in [0.2, 0.25) is 0 Å². The third-order valence-corrected chi connectivity index (χ3v) is 4.51. The number of nitrogens with two attached hydrogens (primary N) is 1. The second-order valence-electron chi connectivity index (χ2n) is 5.85. The number of aromatic nitrogens is 2. The van der Waals surface area contributed by atoms with Crippen LogP contribution in [0.2, 0.25) is 0 Å². The van der Waals surface area contributed by atoms with Crippen LogP contribution in [0.25, 0.3) is 0 Å². The van der Waals surface area contributed by atoms with Gasteiger partial charge in [0.05, 0.1) is 12.3 Å². The molecule has 112 valence electrons. The molecular weight excluding hydrogens is 262 g/mol. The van der Waals surface area contributed by atoms with E-state index in [1.165, 1.54) is 16.8 Å². The van der Waals surface area contributed by atoms with E-state index in [0.29, 0.717) is 0 Å². The highest BCUT2D eigenvalue weighted by Gasteiger charge is 2.20. The molecule has 1 aliphatic rings. The van der Waals surface area contributed by atoms with Gasteiger partial charge in [-0.3, -0.25) is 4.68 Å². The molecule has 21 heavy (non-hydrogen) atoms. The van der Waals surface area contributed by atoms with Crippen molar-refractivity contribution >= 4 is 0 Å². The largest absolute Gasteiger partial charge is 0.493 e. The number of benzene rings is 1. The molecule has 2 aromatic rings. The van der Waals surface area contributed by atoms with Crippen LogP contribution in [-0.2, 0) is 19.9 Å². The van der Waals surface area contributed by atoms with Gasteiger partial charge in [-0.25, -0.2) is 0 Å². The molecule has 0 fully saturated rings. The van der Waals surface area contributed by atoms with E-state index in [-0.39, 0.29) is 6.04 Å². The Morgan fingerprint density at radius 2 is 2.19 bits per heavy atom. The molecule has 1 aromatic carbocycles. The van der Waals surface area contributed by atoms with Crippen LogP contribution in [0.4, 0.5) is 0 Å². The Kier molecular flexibility index (Phi) is 3.72. The molecule has 4 nitrogen and oxygen atoms in total. The Bertz CT molecular complexity index is 660. The molecule has 0 saturated carbocycles. The topological polar surface area (TPSA) is 53.1 Å². The predicted molar refractivity (Wildman–Crippen MR) is 83.6 cm³/mol. The number of fused-ring (bicyclic) bond motifs is 1. The van der Waals surface area contributed by atoms with Crippen molar-refractivity contribution < 1.29 is 4.74 Å². The maximum Gasteiger partial charge on any atom is 0.127 e. The van der Waals surface area contributed by atoms with Crippen LogP contribution in [0.5, 0.6) is 5.75 Å². The Hall–Kier alpha value is -1.81. The summed E-state index contributed by atoms with van der Waals surface area (Å²) in [7, 11) is 1.99. The predicted octanol–water partition coefficient (Wildman–Crippen LogP) is 2.60. The van der Waals surface area contributed by atoms with Crippen molar-refractivity contribution in [1.82, 2.24) is 9.78 Å². The van der Waals surface area contributed by atoms with E-state index in [1.807, 2.05) is 11.7 Å². The second kappa shape index (κ2) is 5.53. The van der Waals surface area contributed by atoms with Crippen molar-refractivity contribution in [3.63, 3.8) is 0 Å². The summed E-state index contributed by atoms with van der Waals surface area (Å²) >= 11 is 0. The number of para-hydroxylation sites is 1. The first-order valence-electron chi connectivity index (χ1n) is 7.57. The van der Waals surface area contributed by atoms with Gasteiger partial charge in [0.1, 0.15) is 5.75 Å². The molecule has 0 aliphatic carbocycles. The van der Waals surface area contributed by atoms with Crippen LogP contribution in [0.15, 0.2) is 18.2 Å². The quantitative estimate of drug-likeness (QED) is 0.939. The molecule has 0 spiro atoms. The van der Waals surface area contributed by atoms with Crippen LogP contribution in [-0.4, -0.2) is 16.4 Å². The van der Waals surface area contributed by atoms with Gasteiger partial charge >= 0.3 is 0 Å². The van der Waals surface area contributed by atoms with E-state index >= 15 is 0 Å². The SMILES string of the molecule is Cc1nn(C)c(C)c1CCC(N)c1cccc2c1OCC2. The standard InChI is InChI=1S/C17H23N3O/c1-11-14(12(2)20(3)19-11)7-8-16(18)15-6-4-5-13-9-10-21-17(13)15/h4-6,16H,7-10,18H2,1-3H3. The fourth-order valence-electron chi connectivity index (χ4n) is 3.17. The minimum atomic E-state index is 0.0112. The summed E-state index contributed by atoms with van der Waals surface area (Å²) in [6.45, 7) is 4.96. The van der Waals surface area contributed by atoms with Crippen molar-refractivity contribution in [3.8, 4) is 5.75 Å². The minimum Gasteiger partial charge on any atom is -0.493 e. The van der Waals surface area contributed by atoms with E-state index in [9.17, 15) is 0 Å². The maximum atomic E-state index is 6.42. The third kappa shape index (κ3) is 2.56. The molecule has 0 amide bonds. The lowest BCUT2D eigenvalue weighted by atomic mass is 9.96. The van der Waals surface area contributed by atoms with Crippen LogP contribution >= 0.6 is 0 Å². The number of nitrogens with zero attached hydrogens (tertiary/aromatic N) is 2. The summed E-state index contributed by atoms with van der Waals surface area (Å²) in [5, 5.41) is 4.47. The van der Waals surface area contributed by atoms with Crippen LogP contribution < -0.4 is 10.5 Å². The van der Waals surface area contributed by atoms with Gasteiger partial charge in [-0.05, 0) is 37.8 Å². The fourth-order valence-corrected chi connectivity index (χ4v) is 3.17. The van der Waals surface area contributed by atoms with Gasteiger partial charge in [0.25, 0.3) is 0 Å². The molecule has 0 bridgehead atoms. The molecular formula is C17H23N3O. The van der Waals surface area contributed by atoms with E-state index in [1.54, 1.807) is 0 Å². The van der Waals surface area contributed by atoms with E-state index in [0.717, 1.165) is 42.9 Å². The maximum absolute atomic E-state index is 6.42. The molecule has 1 aliphatic heterocycles. The average molecular weight is 285 g/mol. The molecule has 2 N–H and O–H groups in total. The van der Waals surface area contributed by atoms with Crippen molar-refractivity contribution in [2.45, 2.75) is 39.2 Å². The molecule has 2 heterocycles. The Labute approximate surface area is 125 Å². The van der Waals surface area contributed by atoms with Crippen molar-refractivity contribution in [2.75, 3.05) is 6.61 Å². The third-order valence-electron chi connectivity index (χ3n) is 4.51. The van der Waals surface area contributed by atoms with Gasteiger partial charge in [-0.15, -0.1) is 0 Å². The number of hydrogen-bond donors (Lipinski definition) is 1. The van der Waals surface area contributed by atoms with Crippen LogP contribution in [0.3, 0.4) is 0 Å². The zero-order valence-electron chi connectivity index (χ0n) is 13.0. The monoisotopic (exact) mass is 285 g/mol. The Balaban J connectivity index is 1.75. The highest BCUT2D eigenvalue weighted by molar-refractivity contribution is 5.45. The molecule has 1 atom stereocenters. The Morgan fingerprint density at radius 3 is 2.90 bits per heavy atom. The van der Waals surface area contributed by atoms with Gasteiger partial charge in [-0.2, -0.15) is 5.10 Å². The molecule has 3 rings (SSSR count). The van der Waals surface area contributed by atoms with Gasteiger partial charge in [0.15, 0.2) is 0 Å². The van der Waals surface area contributed by atoms with Crippen molar-refractivity contribution in [3.05, 3.63) is 46.3 Å². The number of rotatable bonds is 4. The van der Waals surface area contributed by atoms with E-state index < -0.39 is 0 Å². The van der Waals surface area contributed by atoms with E-state index in [2.05, 4.69) is 37.1 Å². The van der Waals surface area contributed by atoms with Crippen LogP contribution in [0, 0.1) is 13.8 Å². The molecule has 1 unspecified atom stereocenters. The zero-order chi connectivity index (χ0) is 15.0. The second-order valence-corrected chi connectivity index (χ2v) is 5.85. The molecule has 0 saturated heterocycles. The zero-order valence-corrected chi connectivity index (χ0v) is 13.0. The first kappa shape index (κ1) is 14.1. The lowest BCUT2D eigenvalue weighted by Crippen LogP contribution is -2.13. The molecule has 1 aromatic heterocycles. The summed E-state index contributed by atoms with van der Waals surface area (Å²) in [5.41, 5.74) is 12.5. The lowest BCUT2D eigenvalue weighted by Gasteiger charge is -2.15. The van der Waals surface area contributed by atoms with Gasteiger partial charge in [0, 0.05) is 30.8 Å². The fraction of sp³-hybridized carbons (Fsp3) is 0.471. The summed E-state index contributed by atoms with van der Waals surface area (Å²) in [6, 6.07) is 6.33. The average Bonchev–Trinajstić information content (AvgIpc) is 3.02. The van der Waals surface area contributed by atoms with Gasteiger partial charge < -0.3 is 10.5 Å². The molecule has 4 heteroatoms. The first-order valence-corrected chi connectivity index (χ1v) is 7.57.